The summed E-state index contributed by atoms with van der Waals surface area (Å²) in [5, 5.41) is 8.98. The van der Waals surface area contributed by atoms with Gasteiger partial charge in [0.2, 0.25) is 0 Å². The Morgan fingerprint density at radius 3 is 2.21 bits per heavy atom. The van der Waals surface area contributed by atoms with Crippen LogP contribution in [-0.2, 0) is 0 Å². The Bertz CT molecular complexity index is 246. The summed E-state index contributed by atoms with van der Waals surface area (Å²) in [6.07, 6.45) is 3.94. The van der Waals surface area contributed by atoms with E-state index in [1.54, 1.807) is 0 Å². The normalized spacial score (nSPS) is 26.7. The van der Waals surface area contributed by atoms with E-state index in [0.29, 0.717) is 6.61 Å². The van der Waals surface area contributed by atoms with Gasteiger partial charge in [0.1, 0.15) is 0 Å². The van der Waals surface area contributed by atoms with Crippen LogP contribution in [-0.4, -0.2) is 84.3 Å². The number of hydrogen-bond donors (Lipinski definition) is 1. The minimum atomic E-state index is 0.299. The summed E-state index contributed by atoms with van der Waals surface area (Å²) in [4.78, 5) is 7.71. The minimum absolute atomic E-state index is 0.299. The van der Waals surface area contributed by atoms with Crippen LogP contribution in [0.15, 0.2) is 0 Å². The molecule has 4 nitrogen and oxygen atoms in total. The first kappa shape index (κ1) is 15.2. The maximum atomic E-state index is 8.98. The van der Waals surface area contributed by atoms with Crippen molar-refractivity contribution in [3.05, 3.63) is 0 Å². The lowest BCUT2D eigenvalue weighted by Gasteiger charge is -2.43. The SMILES string of the molecule is CC[C@@H](C)N1CCC(N2CCN(CCO)CC2)CC1. The Morgan fingerprint density at radius 2 is 1.68 bits per heavy atom. The summed E-state index contributed by atoms with van der Waals surface area (Å²) < 4.78 is 0. The summed E-state index contributed by atoms with van der Waals surface area (Å²) >= 11 is 0. The maximum Gasteiger partial charge on any atom is 0.0558 e. The molecule has 4 heteroatoms. The minimum Gasteiger partial charge on any atom is -0.395 e. The van der Waals surface area contributed by atoms with Crippen molar-refractivity contribution in [1.29, 1.82) is 0 Å². The van der Waals surface area contributed by atoms with Gasteiger partial charge in [-0.25, -0.2) is 0 Å². The molecule has 2 saturated heterocycles. The van der Waals surface area contributed by atoms with Crippen LogP contribution in [0.3, 0.4) is 0 Å². The molecular formula is C15H31N3O. The molecule has 2 aliphatic heterocycles. The lowest BCUT2D eigenvalue weighted by atomic mass is 10.0. The monoisotopic (exact) mass is 269 g/mol. The van der Waals surface area contributed by atoms with Crippen LogP contribution in [0.25, 0.3) is 0 Å². The second-order valence-electron chi connectivity index (χ2n) is 6.13. The van der Waals surface area contributed by atoms with Gasteiger partial charge in [0.25, 0.3) is 0 Å². The van der Waals surface area contributed by atoms with Gasteiger partial charge in [-0.15, -0.1) is 0 Å². The summed E-state index contributed by atoms with van der Waals surface area (Å²) in [5.41, 5.74) is 0. The molecule has 1 atom stereocenters. The Labute approximate surface area is 118 Å². The molecule has 0 spiro atoms. The number of hydrogen-bond acceptors (Lipinski definition) is 4. The molecule has 19 heavy (non-hydrogen) atoms. The van der Waals surface area contributed by atoms with Gasteiger partial charge in [-0.2, -0.15) is 0 Å². The standard InChI is InChI=1S/C15H31N3O/c1-3-14(2)17-6-4-15(5-7-17)18-10-8-16(9-11-18)12-13-19/h14-15,19H,3-13H2,1-2H3/t14-/m1/s1. The highest BCUT2D eigenvalue weighted by atomic mass is 16.3. The average Bonchev–Trinajstić information content (AvgIpc) is 2.48. The van der Waals surface area contributed by atoms with Crippen LogP contribution in [0.4, 0.5) is 0 Å². The zero-order valence-corrected chi connectivity index (χ0v) is 12.7. The molecule has 2 aliphatic rings. The fourth-order valence-electron chi connectivity index (χ4n) is 3.44. The molecular weight excluding hydrogens is 238 g/mol. The Morgan fingerprint density at radius 1 is 1.05 bits per heavy atom. The molecule has 2 heterocycles. The Balaban J connectivity index is 1.71. The van der Waals surface area contributed by atoms with E-state index < -0.39 is 0 Å². The number of rotatable bonds is 5. The lowest BCUT2D eigenvalue weighted by Crippen LogP contribution is -2.54. The molecule has 0 aromatic carbocycles. The zero-order valence-electron chi connectivity index (χ0n) is 12.7. The average molecular weight is 269 g/mol. The first-order valence-corrected chi connectivity index (χ1v) is 8.06. The molecule has 0 amide bonds. The van der Waals surface area contributed by atoms with Gasteiger partial charge < -0.3 is 10.0 Å². The van der Waals surface area contributed by atoms with E-state index in [2.05, 4.69) is 28.5 Å². The van der Waals surface area contributed by atoms with Gasteiger partial charge in [0.15, 0.2) is 0 Å². The van der Waals surface area contributed by atoms with Crippen molar-refractivity contribution in [3.63, 3.8) is 0 Å². The van der Waals surface area contributed by atoms with Crippen LogP contribution in [0.2, 0.25) is 0 Å². The van der Waals surface area contributed by atoms with Gasteiger partial charge in [-0.1, -0.05) is 6.92 Å². The predicted molar refractivity (Wildman–Crippen MR) is 79.4 cm³/mol. The third kappa shape index (κ3) is 4.15. The molecule has 112 valence electrons. The summed E-state index contributed by atoms with van der Waals surface area (Å²) in [7, 11) is 0. The van der Waals surface area contributed by atoms with E-state index in [4.69, 9.17) is 5.11 Å². The molecule has 0 aromatic heterocycles. The van der Waals surface area contributed by atoms with E-state index in [1.807, 2.05) is 0 Å². The third-order valence-corrected chi connectivity index (χ3v) is 5.05. The Kier molecular flexibility index (Phi) is 6.07. The zero-order chi connectivity index (χ0) is 13.7. The highest BCUT2D eigenvalue weighted by molar-refractivity contribution is 4.84. The second-order valence-corrected chi connectivity index (χ2v) is 6.13. The van der Waals surface area contributed by atoms with Crippen LogP contribution >= 0.6 is 0 Å². The van der Waals surface area contributed by atoms with Crippen molar-refractivity contribution in [2.24, 2.45) is 0 Å². The molecule has 2 rings (SSSR count). The van der Waals surface area contributed by atoms with Crippen molar-refractivity contribution in [1.82, 2.24) is 14.7 Å². The number of β-amino-alcohol motifs (C(OH)–C–C–N with tert-alkyl or cyclic N) is 1. The van der Waals surface area contributed by atoms with Gasteiger partial charge in [0, 0.05) is 44.8 Å². The van der Waals surface area contributed by atoms with Crippen molar-refractivity contribution in [2.45, 2.75) is 45.2 Å². The maximum absolute atomic E-state index is 8.98. The summed E-state index contributed by atoms with van der Waals surface area (Å²) in [6, 6.07) is 1.55. The van der Waals surface area contributed by atoms with Gasteiger partial charge in [-0.05, 0) is 39.3 Å². The number of likely N-dealkylation sites (tertiary alicyclic amines) is 1. The van der Waals surface area contributed by atoms with Crippen LogP contribution in [0.5, 0.6) is 0 Å². The van der Waals surface area contributed by atoms with Crippen molar-refractivity contribution in [3.8, 4) is 0 Å². The van der Waals surface area contributed by atoms with Crippen LogP contribution in [0, 0.1) is 0 Å². The van der Waals surface area contributed by atoms with Gasteiger partial charge in [0.05, 0.1) is 6.61 Å². The largest absolute Gasteiger partial charge is 0.395 e. The van der Waals surface area contributed by atoms with Crippen LogP contribution < -0.4 is 0 Å². The van der Waals surface area contributed by atoms with Crippen molar-refractivity contribution < 1.29 is 5.11 Å². The number of nitrogens with zero attached hydrogens (tertiary/aromatic N) is 3. The smallest absolute Gasteiger partial charge is 0.0558 e. The Hall–Kier alpha value is -0.160. The van der Waals surface area contributed by atoms with E-state index in [1.165, 1.54) is 45.4 Å². The number of aliphatic hydroxyl groups excluding tert-OH is 1. The highest BCUT2D eigenvalue weighted by Crippen LogP contribution is 2.20. The van der Waals surface area contributed by atoms with E-state index in [-0.39, 0.29) is 0 Å². The number of piperidine rings is 1. The van der Waals surface area contributed by atoms with Crippen molar-refractivity contribution in [2.75, 3.05) is 52.4 Å². The molecule has 0 radical (unpaired) electrons. The molecule has 1 N–H and O–H groups in total. The van der Waals surface area contributed by atoms with E-state index in [0.717, 1.165) is 31.7 Å². The number of piperazine rings is 1. The van der Waals surface area contributed by atoms with E-state index >= 15 is 0 Å². The highest BCUT2D eigenvalue weighted by Gasteiger charge is 2.28. The lowest BCUT2D eigenvalue weighted by molar-refractivity contribution is 0.0446. The number of aliphatic hydroxyl groups is 1. The third-order valence-electron chi connectivity index (χ3n) is 5.05. The first-order valence-electron chi connectivity index (χ1n) is 8.06. The fraction of sp³-hybridized carbons (Fsp3) is 1.00. The van der Waals surface area contributed by atoms with Gasteiger partial charge >= 0.3 is 0 Å². The first-order chi connectivity index (χ1) is 9.24. The molecule has 0 bridgehead atoms. The molecule has 0 aromatic rings. The second kappa shape index (κ2) is 7.58. The van der Waals surface area contributed by atoms with Gasteiger partial charge in [-0.3, -0.25) is 9.80 Å². The van der Waals surface area contributed by atoms with Crippen LogP contribution in [0.1, 0.15) is 33.1 Å². The molecule has 0 aliphatic carbocycles. The quantitative estimate of drug-likeness (QED) is 0.802. The summed E-state index contributed by atoms with van der Waals surface area (Å²) in [6.45, 7) is 13.0. The fourth-order valence-corrected chi connectivity index (χ4v) is 3.44. The molecule has 0 unspecified atom stereocenters. The van der Waals surface area contributed by atoms with E-state index in [9.17, 15) is 0 Å². The molecule has 0 saturated carbocycles. The predicted octanol–water partition coefficient (Wildman–Crippen LogP) is 0.859. The molecule has 2 fully saturated rings. The van der Waals surface area contributed by atoms with Crippen molar-refractivity contribution >= 4 is 0 Å². The summed E-state index contributed by atoms with van der Waals surface area (Å²) in [5.74, 6) is 0. The topological polar surface area (TPSA) is 30.0 Å².